The normalized spacial score (nSPS) is 19.9. The van der Waals surface area contributed by atoms with E-state index in [1.807, 2.05) is 6.92 Å². The van der Waals surface area contributed by atoms with Crippen molar-refractivity contribution < 1.29 is 8.78 Å². The molecule has 1 aromatic rings. The second kappa shape index (κ2) is 6.21. The number of nitrogens with one attached hydrogen (secondary N) is 1. The molecule has 1 fully saturated rings. The Morgan fingerprint density at radius 2 is 1.80 bits per heavy atom. The third-order valence-electron chi connectivity index (χ3n) is 4.64. The van der Waals surface area contributed by atoms with E-state index in [1.54, 1.807) is 6.92 Å². The van der Waals surface area contributed by atoms with Crippen LogP contribution in [0.25, 0.3) is 0 Å². The number of rotatable bonds is 4. The molecule has 0 aromatic heterocycles. The number of halogens is 2. The Bertz CT molecular complexity index is 464. The molecule has 1 N–H and O–H groups in total. The van der Waals surface area contributed by atoms with Gasteiger partial charge in [0, 0.05) is 18.2 Å². The highest BCUT2D eigenvalue weighted by atomic mass is 19.1. The summed E-state index contributed by atoms with van der Waals surface area (Å²) in [5, 5.41) is 3.39. The van der Waals surface area contributed by atoms with E-state index in [1.165, 1.54) is 44.2 Å². The molecule has 0 spiro atoms. The van der Waals surface area contributed by atoms with Crippen LogP contribution >= 0.6 is 0 Å². The molecule has 0 aliphatic heterocycles. The predicted molar refractivity (Wildman–Crippen MR) is 78.7 cm³/mol. The monoisotopic (exact) mass is 281 g/mol. The van der Waals surface area contributed by atoms with Gasteiger partial charge in [0.2, 0.25) is 0 Å². The maximum absolute atomic E-state index is 13.9. The molecule has 20 heavy (non-hydrogen) atoms. The Kier molecular flexibility index (Phi) is 4.79. The first-order valence-corrected chi connectivity index (χ1v) is 7.60. The summed E-state index contributed by atoms with van der Waals surface area (Å²) in [4.78, 5) is 0. The molecule has 1 nitrogen and oxygen atoms in total. The lowest BCUT2D eigenvalue weighted by molar-refractivity contribution is 0.201. The molecule has 0 radical (unpaired) electrons. The van der Waals surface area contributed by atoms with Crippen molar-refractivity contribution in [3.63, 3.8) is 0 Å². The fourth-order valence-corrected chi connectivity index (χ4v) is 3.09. The van der Waals surface area contributed by atoms with E-state index < -0.39 is 0 Å². The smallest absolute Gasteiger partial charge is 0.128 e. The molecule has 1 aromatic carbocycles. The number of hydrogen-bond acceptors (Lipinski definition) is 1. The summed E-state index contributed by atoms with van der Waals surface area (Å²) >= 11 is 0. The molecule has 0 bridgehead atoms. The van der Waals surface area contributed by atoms with Crippen molar-refractivity contribution in [3.8, 4) is 0 Å². The molecule has 1 saturated carbocycles. The topological polar surface area (TPSA) is 12.0 Å². The summed E-state index contributed by atoms with van der Waals surface area (Å²) in [6.45, 7) is 6.64. The minimum Gasteiger partial charge on any atom is -0.310 e. The van der Waals surface area contributed by atoms with Gasteiger partial charge in [-0.05, 0) is 49.8 Å². The van der Waals surface area contributed by atoms with Gasteiger partial charge in [0.25, 0.3) is 0 Å². The predicted octanol–water partition coefficient (Wildman–Crippen LogP) is 4.89. The van der Waals surface area contributed by atoms with E-state index in [4.69, 9.17) is 0 Å². The second-order valence-electron chi connectivity index (χ2n) is 6.60. The SMILES string of the molecule is Cc1cc(F)c(C(C)NCC2(C)CCCCC2)cc1F. The molecular formula is C17H25F2N. The van der Waals surface area contributed by atoms with Crippen LogP contribution in [0.3, 0.4) is 0 Å². The average molecular weight is 281 g/mol. The summed E-state index contributed by atoms with van der Waals surface area (Å²) < 4.78 is 27.5. The van der Waals surface area contributed by atoms with Crippen molar-refractivity contribution in [1.29, 1.82) is 0 Å². The van der Waals surface area contributed by atoms with Crippen molar-refractivity contribution >= 4 is 0 Å². The van der Waals surface area contributed by atoms with Gasteiger partial charge in [-0.3, -0.25) is 0 Å². The van der Waals surface area contributed by atoms with Crippen molar-refractivity contribution in [1.82, 2.24) is 5.32 Å². The molecular weight excluding hydrogens is 256 g/mol. The van der Waals surface area contributed by atoms with E-state index in [0.717, 1.165) is 6.54 Å². The highest BCUT2D eigenvalue weighted by molar-refractivity contribution is 5.27. The van der Waals surface area contributed by atoms with Crippen LogP contribution in [0.2, 0.25) is 0 Å². The molecule has 0 amide bonds. The zero-order valence-electron chi connectivity index (χ0n) is 12.7. The average Bonchev–Trinajstić information content (AvgIpc) is 2.41. The lowest BCUT2D eigenvalue weighted by Crippen LogP contribution is -2.35. The molecule has 3 heteroatoms. The Labute approximate surface area is 120 Å². The molecule has 0 saturated heterocycles. The van der Waals surface area contributed by atoms with Gasteiger partial charge >= 0.3 is 0 Å². The quantitative estimate of drug-likeness (QED) is 0.828. The molecule has 1 unspecified atom stereocenters. The summed E-state index contributed by atoms with van der Waals surface area (Å²) in [5.41, 5.74) is 1.08. The Morgan fingerprint density at radius 3 is 2.45 bits per heavy atom. The standard InChI is InChI=1S/C17H25F2N/c1-12-9-16(19)14(10-15(12)18)13(2)20-11-17(3)7-5-4-6-8-17/h9-10,13,20H,4-8,11H2,1-3H3. The zero-order valence-corrected chi connectivity index (χ0v) is 12.7. The Hall–Kier alpha value is -0.960. The Morgan fingerprint density at radius 1 is 1.15 bits per heavy atom. The van der Waals surface area contributed by atoms with Crippen LogP contribution in [0.15, 0.2) is 12.1 Å². The largest absolute Gasteiger partial charge is 0.310 e. The van der Waals surface area contributed by atoms with Crippen LogP contribution in [-0.2, 0) is 0 Å². The van der Waals surface area contributed by atoms with Crippen LogP contribution in [0.4, 0.5) is 8.78 Å². The third-order valence-corrected chi connectivity index (χ3v) is 4.64. The summed E-state index contributed by atoms with van der Waals surface area (Å²) in [6.07, 6.45) is 6.32. The minimum absolute atomic E-state index is 0.163. The van der Waals surface area contributed by atoms with Crippen molar-refractivity contribution in [2.75, 3.05) is 6.54 Å². The zero-order chi connectivity index (χ0) is 14.8. The van der Waals surface area contributed by atoms with Gasteiger partial charge in [0.05, 0.1) is 0 Å². The Balaban J connectivity index is 2.01. The van der Waals surface area contributed by atoms with E-state index in [0.29, 0.717) is 16.5 Å². The maximum atomic E-state index is 13.9. The molecule has 1 atom stereocenters. The molecule has 0 heterocycles. The van der Waals surface area contributed by atoms with Crippen LogP contribution in [0.5, 0.6) is 0 Å². The highest BCUT2D eigenvalue weighted by Crippen LogP contribution is 2.35. The van der Waals surface area contributed by atoms with Crippen LogP contribution < -0.4 is 5.32 Å². The van der Waals surface area contributed by atoms with E-state index >= 15 is 0 Å². The fourth-order valence-electron chi connectivity index (χ4n) is 3.09. The molecule has 1 aliphatic rings. The van der Waals surface area contributed by atoms with E-state index in [9.17, 15) is 8.78 Å². The minimum atomic E-state index is -0.334. The number of benzene rings is 1. The highest BCUT2D eigenvalue weighted by Gasteiger charge is 2.27. The van der Waals surface area contributed by atoms with Gasteiger partial charge in [0.1, 0.15) is 11.6 Å². The molecule has 2 rings (SSSR count). The van der Waals surface area contributed by atoms with Crippen molar-refractivity contribution in [2.24, 2.45) is 5.41 Å². The van der Waals surface area contributed by atoms with Crippen LogP contribution in [-0.4, -0.2) is 6.54 Å². The lowest BCUT2D eigenvalue weighted by Gasteiger charge is -2.35. The summed E-state index contributed by atoms with van der Waals surface area (Å²) in [7, 11) is 0. The molecule has 112 valence electrons. The molecule has 1 aliphatic carbocycles. The van der Waals surface area contributed by atoms with Gasteiger partial charge in [-0.1, -0.05) is 26.2 Å². The second-order valence-corrected chi connectivity index (χ2v) is 6.60. The van der Waals surface area contributed by atoms with Gasteiger partial charge < -0.3 is 5.32 Å². The first-order valence-electron chi connectivity index (χ1n) is 7.60. The third kappa shape index (κ3) is 3.57. The van der Waals surface area contributed by atoms with Crippen LogP contribution in [0, 0.1) is 24.0 Å². The van der Waals surface area contributed by atoms with E-state index in [-0.39, 0.29) is 17.7 Å². The maximum Gasteiger partial charge on any atom is 0.128 e. The van der Waals surface area contributed by atoms with E-state index in [2.05, 4.69) is 12.2 Å². The lowest BCUT2D eigenvalue weighted by atomic mass is 9.75. The number of aryl methyl sites for hydroxylation is 1. The van der Waals surface area contributed by atoms with Gasteiger partial charge in [-0.15, -0.1) is 0 Å². The first kappa shape index (κ1) is 15.4. The fraction of sp³-hybridized carbons (Fsp3) is 0.647. The van der Waals surface area contributed by atoms with Crippen molar-refractivity contribution in [2.45, 2.75) is 58.9 Å². The van der Waals surface area contributed by atoms with Gasteiger partial charge in [0.15, 0.2) is 0 Å². The van der Waals surface area contributed by atoms with Gasteiger partial charge in [-0.2, -0.15) is 0 Å². The van der Waals surface area contributed by atoms with Crippen molar-refractivity contribution in [3.05, 3.63) is 34.9 Å². The number of hydrogen-bond donors (Lipinski definition) is 1. The van der Waals surface area contributed by atoms with Crippen LogP contribution in [0.1, 0.15) is 63.1 Å². The summed E-state index contributed by atoms with van der Waals surface area (Å²) in [5.74, 6) is -0.656. The van der Waals surface area contributed by atoms with Gasteiger partial charge in [-0.25, -0.2) is 8.78 Å². The summed E-state index contributed by atoms with van der Waals surface area (Å²) in [6, 6.07) is 2.44. The first-order chi connectivity index (χ1) is 9.41.